The summed E-state index contributed by atoms with van der Waals surface area (Å²) in [5.41, 5.74) is -0.132. The van der Waals surface area contributed by atoms with Gasteiger partial charge in [0.15, 0.2) is 0 Å². The molecule has 0 amide bonds. The van der Waals surface area contributed by atoms with Gasteiger partial charge in [-0.2, -0.15) is 0 Å². The molecular formula is C13H13NO4. The average Bonchev–Trinajstić information content (AvgIpc) is 2.38. The van der Waals surface area contributed by atoms with E-state index in [0.29, 0.717) is 23.7 Å². The minimum Gasteiger partial charge on any atom is -0.478 e. The zero-order valence-electron chi connectivity index (χ0n) is 9.67. The van der Waals surface area contributed by atoms with Crippen molar-refractivity contribution < 1.29 is 15.0 Å². The molecule has 1 aromatic heterocycles. The van der Waals surface area contributed by atoms with E-state index in [4.69, 9.17) is 10.2 Å². The lowest BCUT2D eigenvalue weighted by atomic mass is 10.1. The SMILES string of the molecule is O=C(O)c1cn(CCCO)c(=O)c2ccccc12. The topological polar surface area (TPSA) is 79.5 Å². The molecule has 1 aromatic carbocycles. The maximum absolute atomic E-state index is 12.1. The van der Waals surface area contributed by atoms with Crippen molar-refractivity contribution in [1.82, 2.24) is 4.57 Å². The van der Waals surface area contributed by atoms with E-state index in [0.717, 1.165) is 0 Å². The largest absolute Gasteiger partial charge is 0.478 e. The van der Waals surface area contributed by atoms with E-state index in [9.17, 15) is 9.59 Å². The molecule has 0 saturated heterocycles. The fraction of sp³-hybridized carbons (Fsp3) is 0.231. The third-order valence-electron chi connectivity index (χ3n) is 2.78. The number of benzene rings is 1. The number of aliphatic hydroxyl groups is 1. The molecule has 0 aliphatic carbocycles. The summed E-state index contributed by atoms with van der Waals surface area (Å²) in [7, 11) is 0. The molecule has 1 heterocycles. The van der Waals surface area contributed by atoms with Gasteiger partial charge >= 0.3 is 5.97 Å². The predicted octanol–water partition coefficient (Wildman–Crippen LogP) is 1.08. The molecule has 5 nitrogen and oxygen atoms in total. The lowest BCUT2D eigenvalue weighted by Crippen LogP contribution is -2.22. The van der Waals surface area contributed by atoms with Gasteiger partial charge in [0.2, 0.25) is 0 Å². The smallest absolute Gasteiger partial charge is 0.337 e. The number of aryl methyl sites for hydroxylation is 1. The molecule has 94 valence electrons. The number of hydrogen-bond acceptors (Lipinski definition) is 3. The minimum atomic E-state index is -1.07. The van der Waals surface area contributed by atoms with E-state index in [1.54, 1.807) is 24.3 Å². The Morgan fingerprint density at radius 3 is 2.50 bits per heavy atom. The number of hydrogen-bond donors (Lipinski definition) is 2. The standard InChI is InChI=1S/C13H13NO4/c15-7-3-6-14-8-11(13(17)18)9-4-1-2-5-10(9)12(14)16/h1-2,4-5,8,15H,3,6-7H2,(H,17,18). The number of pyridine rings is 1. The normalized spacial score (nSPS) is 10.7. The highest BCUT2D eigenvalue weighted by Crippen LogP contribution is 2.15. The zero-order chi connectivity index (χ0) is 13.1. The number of carbonyl (C=O) groups is 1. The molecular weight excluding hydrogens is 234 g/mol. The number of rotatable bonds is 4. The summed E-state index contributed by atoms with van der Waals surface area (Å²) < 4.78 is 1.34. The van der Waals surface area contributed by atoms with Crippen molar-refractivity contribution in [3.8, 4) is 0 Å². The molecule has 18 heavy (non-hydrogen) atoms. The predicted molar refractivity (Wildman–Crippen MR) is 66.9 cm³/mol. The third-order valence-corrected chi connectivity index (χ3v) is 2.78. The second-order valence-corrected chi connectivity index (χ2v) is 3.97. The molecule has 2 N–H and O–H groups in total. The van der Waals surface area contributed by atoms with Crippen LogP contribution in [0.15, 0.2) is 35.3 Å². The highest BCUT2D eigenvalue weighted by Gasteiger charge is 2.12. The van der Waals surface area contributed by atoms with Crippen molar-refractivity contribution in [3.05, 3.63) is 46.4 Å². The Morgan fingerprint density at radius 2 is 1.89 bits per heavy atom. The number of aromatic nitrogens is 1. The molecule has 5 heteroatoms. The Balaban J connectivity index is 2.71. The molecule has 2 rings (SSSR count). The monoisotopic (exact) mass is 247 g/mol. The van der Waals surface area contributed by atoms with Crippen LogP contribution in [0.25, 0.3) is 10.8 Å². The highest BCUT2D eigenvalue weighted by molar-refractivity contribution is 6.02. The van der Waals surface area contributed by atoms with Gasteiger partial charge in [0.25, 0.3) is 5.56 Å². The van der Waals surface area contributed by atoms with Crippen LogP contribution in [-0.2, 0) is 6.54 Å². The van der Waals surface area contributed by atoms with Crippen LogP contribution in [0.2, 0.25) is 0 Å². The van der Waals surface area contributed by atoms with E-state index in [1.165, 1.54) is 10.8 Å². The average molecular weight is 247 g/mol. The Bertz CT molecular complexity index is 645. The van der Waals surface area contributed by atoms with E-state index in [2.05, 4.69) is 0 Å². The maximum Gasteiger partial charge on any atom is 0.337 e. The molecule has 0 atom stereocenters. The van der Waals surface area contributed by atoms with E-state index in [1.807, 2.05) is 0 Å². The van der Waals surface area contributed by atoms with Crippen LogP contribution in [-0.4, -0.2) is 27.4 Å². The highest BCUT2D eigenvalue weighted by atomic mass is 16.4. The lowest BCUT2D eigenvalue weighted by molar-refractivity contribution is 0.0698. The third kappa shape index (κ3) is 2.12. The van der Waals surface area contributed by atoms with Gasteiger partial charge in [-0.1, -0.05) is 18.2 Å². The number of aromatic carboxylic acids is 1. The van der Waals surface area contributed by atoms with Crippen molar-refractivity contribution in [2.24, 2.45) is 0 Å². The molecule has 2 aromatic rings. The van der Waals surface area contributed by atoms with E-state index in [-0.39, 0.29) is 17.7 Å². The van der Waals surface area contributed by atoms with Crippen molar-refractivity contribution in [3.63, 3.8) is 0 Å². The minimum absolute atomic E-state index is 0.0400. The van der Waals surface area contributed by atoms with Gasteiger partial charge in [0, 0.05) is 30.1 Å². The first-order valence-electron chi connectivity index (χ1n) is 5.61. The van der Waals surface area contributed by atoms with Crippen LogP contribution in [0.5, 0.6) is 0 Å². The summed E-state index contributed by atoms with van der Waals surface area (Å²) in [6.07, 6.45) is 1.75. The summed E-state index contributed by atoms with van der Waals surface area (Å²) in [4.78, 5) is 23.3. The summed E-state index contributed by atoms with van der Waals surface area (Å²) in [6.45, 7) is 0.266. The Labute approximate surface area is 103 Å². The first kappa shape index (κ1) is 12.3. The molecule has 0 radical (unpaired) electrons. The van der Waals surface area contributed by atoms with E-state index < -0.39 is 5.97 Å². The van der Waals surface area contributed by atoms with Crippen LogP contribution < -0.4 is 5.56 Å². The van der Waals surface area contributed by atoms with Crippen molar-refractivity contribution in [1.29, 1.82) is 0 Å². The quantitative estimate of drug-likeness (QED) is 0.847. The van der Waals surface area contributed by atoms with Crippen molar-refractivity contribution in [2.45, 2.75) is 13.0 Å². The fourth-order valence-corrected chi connectivity index (χ4v) is 1.92. The first-order chi connectivity index (χ1) is 8.65. The van der Waals surface area contributed by atoms with E-state index >= 15 is 0 Å². The second-order valence-electron chi connectivity index (χ2n) is 3.97. The summed E-state index contributed by atoms with van der Waals surface area (Å²) in [5, 5.41) is 18.8. The Hall–Kier alpha value is -2.14. The van der Waals surface area contributed by atoms with Crippen molar-refractivity contribution in [2.75, 3.05) is 6.61 Å². The zero-order valence-corrected chi connectivity index (χ0v) is 9.67. The van der Waals surface area contributed by atoms with Crippen molar-refractivity contribution >= 4 is 16.7 Å². The molecule has 0 fully saturated rings. The molecule has 0 aliphatic heterocycles. The molecule has 0 bridgehead atoms. The molecule has 0 unspecified atom stereocenters. The second kappa shape index (κ2) is 5.01. The number of nitrogens with zero attached hydrogens (tertiary/aromatic N) is 1. The van der Waals surface area contributed by atoms with Gasteiger partial charge in [0.05, 0.1) is 5.56 Å². The van der Waals surface area contributed by atoms with Gasteiger partial charge in [-0.25, -0.2) is 4.79 Å². The number of fused-ring (bicyclic) bond motifs is 1. The van der Waals surface area contributed by atoms with Crippen LogP contribution in [0, 0.1) is 0 Å². The number of aliphatic hydroxyl groups excluding tert-OH is 1. The number of carboxylic acids is 1. The molecule has 0 spiro atoms. The molecule has 0 aliphatic rings. The Morgan fingerprint density at radius 1 is 1.22 bits per heavy atom. The van der Waals surface area contributed by atoms with Crippen LogP contribution in [0.1, 0.15) is 16.8 Å². The fourth-order valence-electron chi connectivity index (χ4n) is 1.92. The number of carboxylic acid groups (broad SMARTS) is 1. The van der Waals surface area contributed by atoms with Crippen LogP contribution in [0.4, 0.5) is 0 Å². The van der Waals surface area contributed by atoms with Gasteiger partial charge in [-0.3, -0.25) is 4.79 Å². The molecule has 0 saturated carbocycles. The summed E-state index contributed by atoms with van der Waals surface area (Å²) in [6, 6.07) is 6.63. The first-order valence-corrected chi connectivity index (χ1v) is 5.61. The van der Waals surface area contributed by atoms with Gasteiger partial charge < -0.3 is 14.8 Å². The Kier molecular flexibility index (Phi) is 3.43. The van der Waals surface area contributed by atoms with Gasteiger partial charge in [-0.15, -0.1) is 0 Å². The van der Waals surface area contributed by atoms with Gasteiger partial charge in [-0.05, 0) is 12.5 Å². The van der Waals surface area contributed by atoms with Crippen LogP contribution >= 0.6 is 0 Å². The summed E-state index contributed by atoms with van der Waals surface area (Å²) in [5.74, 6) is -1.07. The van der Waals surface area contributed by atoms with Crippen LogP contribution in [0.3, 0.4) is 0 Å². The summed E-state index contributed by atoms with van der Waals surface area (Å²) >= 11 is 0. The van der Waals surface area contributed by atoms with Gasteiger partial charge in [0.1, 0.15) is 0 Å². The maximum atomic E-state index is 12.1. The lowest BCUT2D eigenvalue weighted by Gasteiger charge is -2.09.